The predicted molar refractivity (Wildman–Crippen MR) is 54.0 cm³/mol. The van der Waals surface area contributed by atoms with Crippen molar-refractivity contribution in [2.45, 2.75) is 0 Å². The quantitative estimate of drug-likeness (QED) is 0.389. The summed E-state index contributed by atoms with van der Waals surface area (Å²) in [6.45, 7) is 0. The summed E-state index contributed by atoms with van der Waals surface area (Å²) in [6, 6.07) is 6.35. The number of hydroxylamine groups is 1. The Balaban J connectivity index is 2.59. The van der Waals surface area contributed by atoms with Gasteiger partial charge in [-0.15, -0.1) is 0 Å². The molecule has 0 atom stereocenters. The molecule has 0 fully saturated rings. The highest BCUT2D eigenvalue weighted by Gasteiger charge is 1.93. The van der Waals surface area contributed by atoms with Gasteiger partial charge in [-0.1, -0.05) is 12.1 Å². The van der Waals surface area contributed by atoms with Crippen molar-refractivity contribution in [3.05, 3.63) is 29.8 Å². The number of urea groups is 1. The van der Waals surface area contributed by atoms with Gasteiger partial charge < -0.3 is 4.74 Å². The van der Waals surface area contributed by atoms with Gasteiger partial charge in [0.05, 0.1) is 13.3 Å². The van der Waals surface area contributed by atoms with Crippen molar-refractivity contribution in [3.8, 4) is 5.75 Å². The highest BCUT2D eigenvalue weighted by Crippen LogP contribution is 2.10. The molecule has 1 aromatic rings. The van der Waals surface area contributed by atoms with Crippen molar-refractivity contribution in [1.82, 2.24) is 10.9 Å². The van der Waals surface area contributed by atoms with Gasteiger partial charge in [0.25, 0.3) is 0 Å². The van der Waals surface area contributed by atoms with Crippen LogP contribution in [0.15, 0.2) is 29.4 Å². The van der Waals surface area contributed by atoms with Crippen LogP contribution in [0.5, 0.6) is 5.75 Å². The number of amides is 2. The summed E-state index contributed by atoms with van der Waals surface area (Å²) in [5.41, 5.74) is 4.20. The van der Waals surface area contributed by atoms with E-state index in [4.69, 9.17) is 9.94 Å². The molecule has 0 radical (unpaired) electrons. The number of hydrazone groups is 1. The third-order valence-corrected chi connectivity index (χ3v) is 1.58. The van der Waals surface area contributed by atoms with Crippen LogP contribution < -0.4 is 15.6 Å². The molecule has 1 aromatic carbocycles. The van der Waals surface area contributed by atoms with E-state index in [1.807, 2.05) is 5.43 Å². The average Bonchev–Trinajstić information content (AvgIpc) is 2.29. The minimum Gasteiger partial charge on any atom is -0.497 e. The third kappa shape index (κ3) is 3.65. The van der Waals surface area contributed by atoms with Gasteiger partial charge in [-0.25, -0.2) is 15.7 Å². The van der Waals surface area contributed by atoms with E-state index in [0.29, 0.717) is 5.75 Å². The standard InChI is InChI=1S/C9H11N3O3/c1-15-8-4-2-3-7(5-8)6-10-11-9(13)12-14/h2-6,14H,1H3,(H2,11,12,13)/b10-6+. The molecule has 1 rings (SSSR count). The van der Waals surface area contributed by atoms with E-state index in [2.05, 4.69) is 5.10 Å². The second kappa shape index (κ2) is 5.61. The van der Waals surface area contributed by atoms with E-state index in [-0.39, 0.29) is 0 Å². The number of carbonyl (C=O) groups is 1. The summed E-state index contributed by atoms with van der Waals surface area (Å²) in [7, 11) is 1.56. The Bertz CT molecular complexity index is 365. The van der Waals surface area contributed by atoms with Crippen molar-refractivity contribution in [3.63, 3.8) is 0 Å². The summed E-state index contributed by atoms with van der Waals surface area (Å²) >= 11 is 0. The maximum Gasteiger partial charge on any atom is 0.358 e. The smallest absolute Gasteiger partial charge is 0.358 e. The molecule has 0 unspecified atom stereocenters. The minimum absolute atomic E-state index is 0.700. The normalized spacial score (nSPS) is 10.0. The molecule has 80 valence electrons. The summed E-state index contributed by atoms with van der Waals surface area (Å²) in [5.74, 6) is 0.700. The van der Waals surface area contributed by atoms with E-state index in [1.165, 1.54) is 11.7 Å². The Labute approximate surface area is 86.5 Å². The molecular weight excluding hydrogens is 198 g/mol. The summed E-state index contributed by atoms with van der Waals surface area (Å²) in [5, 5.41) is 11.7. The van der Waals surface area contributed by atoms with Crippen molar-refractivity contribution in [2.75, 3.05) is 7.11 Å². The van der Waals surface area contributed by atoms with Crippen LogP contribution in [0.1, 0.15) is 5.56 Å². The van der Waals surface area contributed by atoms with Crippen LogP contribution in [0, 0.1) is 0 Å². The number of carbonyl (C=O) groups excluding carboxylic acids is 1. The topological polar surface area (TPSA) is 83.0 Å². The van der Waals surface area contributed by atoms with E-state index < -0.39 is 6.03 Å². The van der Waals surface area contributed by atoms with Crippen LogP contribution in [0.25, 0.3) is 0 Å². The van der Waals surface area contributed by atoms with Crippen molar-refractivity contribution >= 4 is 12.2 Å². The van der Waals surface area contributed by atoms with Gasteiger partial charge in [0.2, 0.25) is 0 Å². The monoisotopic (exact) mass is 209 g/mol. The van der Waals surface area contributed by atoms with Crippen LogP contribution in [0.2, 0.25) is 0 Å². The lowest BCUT2D eigenvalue weighted by atomic mass is 10.2. The Morgan fingerprint density at radius 2 is 2.40 bits per heavy atom. The first-order valence-electron chi connectivity index (χ1n) is 4.13. The lowest BCUT2D eigenvalue weighted by Gasteiger charge is -1.99. The number of rotatable bonds is 3. The Hall–Kier alpha value is -2.08. The first-order chi connectivity index (χ1) is 7.26. The fourth-order valence-corrected chi connectivity index (χ4v) is 0.912. The van der Waals surface area contributed by atoms with E-state index in [9.17, 15) is 4.79 Å². The Morgan fingerprint density at radius 1 is 1.60 bits per heavy atom. The van der Waals surface area contributed by atoms with Crippen LogP contribution in [0.3, 0.4) is 0 Å². The minimum atomic E-state index is -0.797. The Morgan fingerprint density at radius 3 is 3.07 bits per heavy atom. The van der Waals surface area contributed by atoms with Gasteiger partial charge in [0.15, 0.2) is 0 Å². The van der Waals surface area contributed by atoms with Gasteiger partial charge >= 0.3 is 6.03 Å². The molecule has 0 aliphatic rings. The zero-order chi connectivity index (χ0) is 11.1. The second-order valence-electron chi connectivity index (χ2n) is 2.59. The highest BCUT2D eigenvalue weighted by atomic mass is 16.5. The van der Waals surface area contributed by atoms with Gasteiger partial charge in [0, 0.05) is 0 Å². The number of benzene rings is 1. The molecule has 0 aliphatic carbocycles. The van der Waals surface area contributed by atoms with Crippen molar-refractivity contribution < 1.29 is 14.7 Å². The predicted octanol–water partition coefficient (Wildman–Crippen LogP) is 0.717. The third-order valence-electron chi connectivity index (χ3n) is 1.58. The maximum absolute atomic E-state index is 10.5. The molecule has 0 spiro atoms. The van der Waals surface area contributed by atoms with Crippen molar-refractivity contribution in [1.29, 1.82) is 0 Å². The second-order valence-corrected chi connectivity index (χ2v) is 2.59. The molecule has 0 aliphatic heterocycles. The first-order valence-corrected chi connectivity index (χ1v) is 4.13. The molecule has 0 saturated carbocycles. The molecule has 0 saturated heterocycles. The van der Waals surface area contributed by atoms with E-state index >= 15 is 0 Å². The number of nitrogens with zero attached hydrogens (tertiary/aromatic N) is 1. The number of nitrogens with one attached hydrogen (secondary N) is 2. The zero-order valence-corrected chi connectivity index (χ0v) is 8.10. The first kappa shape index (κ1) is 11.0. The molecule has 0 aromatic heterocycles. The summed E-state index contributed by atoms with van der Waals surface area (Å²) in [6.07, 6.45) is 1.43. The van der Waals surface area contributed by atoms with Crippen LogP contribution >= 0.6 is 0 Å². The number of methoxy groups -OCH3 is 1. The largest absolute Gasteiger partial charge is 0.497 e. The Kier molecular flexibility index (Phi) is 4.11. The van der Waals surface area contributed by atoms with E-state index in [0.717, 1.165) is 5.56 Å². The van der Waals surface area contributed by atoms with Crippen LogP contribution in [-0.4, -0.2) is 24.6 Å². The molecule has 2 amide bonds. The van der Waals surface area contributed by atoms with E-state index in [1.54, 1.807) is 31.4 Å². The number of hydrogen-bond donors (Lipinski definition) is 3. The molecule has 0 heterocycles. The lowest BCUT2D eigenvalue weighted by molar-refractivity contribution is 0.162. The molecule has 6 nitrogen and oxygen atoms in total. The molecule has 3 N–H and O–H groups in total. The molecule has 0 bridgehead atoms. The summed E-state index contributed by atoms with van der Waals surface area (Å²) in [4.78, 5) is 10.5. The average molecular weight is 209 g/mol. The fraction of sp³-hybridized carbons (Fsp3) is 0.111. The van der Waals surface area contributed by atoms with Crippen LogP contribution in [-0.2, 0) is 0 Å². The van der Waals surface area contributed by atoms with Gasteiger partial charge in [-0.05, 0) is 17.7 Å². The van der Waals surface area contributed by atoms with Crippen molar-refractivity contribution in [2.24, 2.45) is 5.10 Å². The highest BCUT2D eigenvalue weighted by molar-refractivity contribution is 5.82. The van der Waals surface area contributed by atoms with Gasteiger partial charge in [-0.2, -0.15) is 5.10 Å². The lowest BCUT2D eigenvalue weighted by Crippen LogP contribution is -2.29. The molecular formula is C9H11N3O3. The maximum atomic E-state index is 10.5. The van der Waals surface area contributed by atoms with Crippen LogP contribution in [0.4, 0.5) is 4.79 Å². The van der Waals surface area contributed by atoms with Gasteiger partial charge in [-0.3, -0.25) is 5.21 Å². The molecule has 6 heteroatoms. The SMILES string of the molecule is COc1cccc(/C=N/NC(=O)NO)c1. The molecule has 15 heavy (non-hydrogen) atoms. The fourth-order valence-electron chi connectivity index (χ4n) is 0.912. The number of hydrogen-bond acceptors (Lipinski definition) is 4. The zero-order valence-electron chi connectivity index (χ0n) is 8.10. The van der Waals surface area contributed by atoms with Gasteiger partial charge in [0.1, 0.15) is 5.75 Å². The summed E-state index contributed by atoms with van der Waals surface area (Å²) < 4.78 is 5.00. The number of ether oxygens (including phenoxy) is 1.